The predicted octanol–water partition coefficient (Wildman–Crippen LogP) is 3.43. The van der Waals surface area contributed by atoms with E-state index in [4.69, 9.17) is 4.42 Å². The third kappa shape index (κ3) is 2.35. The van der Waals surface area contributed by atoms with Crippen molar-refractivity contribution in [1.29, 1.82) is 0 Å². The number of carbonyl (C=O) groups is 1. The highest BCUT2D eigenvalue weighted by molar-refractivity contribution is 5.97. The average Bonchev–Trinajstić information content (AvgIpc) is 3.23. The summed E-state index contributed by atoms with van der Waals surface area (Å²) in [4.78, 5) is 14.9. The first-order valence-corrected chi connectivity index (χ1v) is 8.83. The maximum Gasteiger partial charge on any atom is 0.254 e. The van der Waals surface area contributed by atoms with Crippen LogP contribution in [0, 0.1) is 6.92 Å². The van der Waals surface area contributed by atoms with Gasteiger partial charge in [-0.2, -0.15) is 0 Å². The van der Waals surface area contributed by atoms with Gasteiger partial charge in [0.1, 0.15) is 17.2 Å². The van der Waals surface area contributed by atoms with Crippen LogP contribution in [0.1, 0.15) is 59.5 Å². The molecule has 3 aromatic rings. The third-order valence-electron chi connectivity index (χ3n) is 5.17. The van der Waals surface area contributed by atoms with Crippen molar-refractivity contribution in [2.45, 2.75) is 45.2 Å². The van der Waals surface area contributed by atoms with E-state index in [0.29, 0.717) is 24.6 Å². The first-order chi connectivity index (χ1) is 12.1. The lowest BCUT2D eigenvalue weighted by Gasteiger charge is -2.32. The Morgan fingerprint density at radius 3 is 2.88 bits per heavy atom. The zero-order chi connectivity index (χ0) is 17.1. The van der Waals surface area contributed by atoms with Gasteiger partial charge < -0.3 is 13.9 Å². The molecule has 1 fully saturated rings. The summed E-state index contributed by atoms with van der Waals surface area (Å²) in [6.07, 6.45) is 2.41. The summed E-state index contributed by atoms with van der Waals surface area (Å²) in [5.74, 6) is 3.46. The van der Waals surface area contributed by atoms with E-state index in [9.17, 15) is 4.79 Å². The van der Waals surface area contributed by atoms with Crippen LogP contribution in [0.5, 0.6) is 0 Å². The number of rotatable bonds is 2. The number of fused-ring (bicyclic) bond motifs is 2. The molecular formula is C19H20N4O2. The van der Waals surface area contributed by atoms with Gasteiger partial charge >= 0.3 is 0 Å². The van der Waals surface area contributed by atoms with Gasteiger partial charge in [-0.15, -0.1) is 10.2 Å². The van der Waals surface area contributed by atoms with E-state index in [1.54, 1.807) is 0 Å². The van der Waals surface area contributed by atoms with E-state index >= 15 is 0 Å². The van der Waals surface area contributed by atoms with Crippen LogP contribution < -0.4 is 0 Å². The topological polar surface area (TPSA) is 64.2 Å². The minimum atomic E-state index is 0.0369. The molecule has 0 bridgehead atoms. The molecule has 1 atom stereocenters. The van der Waals surface area contributed by atoms with Gasteiger partial charge in [0.25, 0.3) is 5.91 Å². The summed E-state index contributed by atoms with van der Waals surface area (Å²) in [6, 6.07) is 7.79. The van der Waals surface area contributed by atoms with Crippen molar-refractivity contribution >= 4 is 16.9 Å². The summed E-state index contributed by atoms with van der Waals surface area (Å²) in [5, 5.41) is 9.70. The predicted molar refractivity (Wildman–Crippen MR) is 92.4 cm³/mol. The fraction of sp³-hybridized carbons (Fsp3) is 0.421. The molecule has 6 nitrogen and oxygen atoms in total. The molecule has 1 aromatic carbocycles. The number of benzene rings is 1. The molecule has 1 aliphatic carbocycles. The summed E-state index contributed by atoms with van der Waals surface area (Å²) in [7, 11) is 0. The van der Waals surface area contributed by atoms with E-state index in [2.05, 4.69) is 21.7 Å². The van der Waals surface area contributed by atoms with Crippen molar-refractivity contribution < 1.29 is 9.21 Å². The Balaban J connectivity index is 1.45. The second kappa shape index (κ2) is 5.18. The summed E-state index contributed by atoms with van der Waals surface area (Å²) in [5.41, 5.74) is 1.51. The Morgan fingerprint density at radius 2 is 2.08 bits per heavy atom. The molecule has 3 heterocycles. The minimum Gasteiger partial charge on any atom is -0.461 e. The van der Waals surface area contributed by atoms with Gasteiger partial charge in [0.2, 0.25) is 0 Å². The summed E-state index contributed by atoms with van der Waals surface area (Å²) < 4.78 is 7.84. The molecule has 25 heavy (non-hydrogen) atoms. The average molecular weight is 336 g/mol. The first kappa shape index (κ1) is 14.7. The number of hydrogen-bond donors (Lipinski definition) is 0. The van der Waals surface area contributed by atoms with Gasteiger partial charge in [0.05, 0.1) is 12.6 Å². The van der Waals surface area contributed by atoms with Crippen LogP contribution in [0.4, 0.5) is 0 Å². The number of nitrogens with zero attached hydrogens (tertiary/aromatic N) is 4. The fourth-order valence-electron chi connectivity index (χ4n) is 3.83. The second-order valence-electron chi connectivity index (χ2n) is 7.26. The van der Waals surface area contributed by atoms with Gasteiger partial charge in [-0.3, -0.25) is 4.79 Å². The molecule has 1 aliphatic heterocycles. The third-order valence-corrected chi connectivity index (χ3v) is 5.17. The molecule has 128 valence electrons. The maximum atomic E-state index is 13.0. The number of hydrogen-bond acceptors (Lipinski definition) is 4. The SMILES string of the molecule is Cc1cc2cc(C(=O)N3Cc4nnc(C5CC5)n4[C@@H](C)C3)ccc2o1. The number of carbonyl (C=O) groups excluding carboxylic acids is 1. The van der Waals surface area contributed by atoms with Crippen LogP contribution in [0.25, 0.3) is 11.0 Å². The lowest BCUT2D eigenvalue weighted by atomic mass is 10.1. The largest absolute Gasteiger partial charge is 0.461 e. The standard InChI is InChI=1S/C19H20N4O2/c1-11-9-22(10-17-20-21-18(23(11)17)13-3-4-13)19(24)14-5-6-16-15(8-14)7-12(2)25-16/h5-8,11,13H,3-4,9-10H2,1-2H3/t11-/m0/s1. The Hall–Kier alpha value is -2.63. The lowest BCUT2D eigenvalue weighted by Crippen LogP contribution is -2.40. The molecule has 0 spiro atoms. The van der Waals surface area contributed by atoms with Crippen molar-refractivity contribution in [2.75, 3.05) is 6.54 Å². The van der Waals surface area contributed by atoms with Crippen LogP contribution in [-0.2, 0) is 6.54 Å². The molecule has 0 saturated heterocycles. The van der Waals surface area contributed by atoms with Gasteiger partial charge in [-0.05, 0) is 51.0 Å². The van der Waals surface area contributed by atoms with Crippen LogP contribution in [0.15, 0.2) is 28.7 Å². The van der Waals surface area contributed by atoms with Crippen LogP contribution >= 0.6 is 0 Å². The Bertz CT molecular complexity index is 983. The second-order valence-corrected chi connectivity index (χ2v) is 7.26. The lowest BCUT2D eigenvalue weighted by molar-refractivity contribution is 0.0680. The van der Waals surface area contributed by atoms with E-state index in [1.165, 1.54) is 12.8 Å². The zero-order valence-electron chi connectivity index (χ0n) is 14.4. The van der Waals surface area contributed by atoms with Crippen molar-refractivity contribution in [3.8, 4) is 0 Å². The molecule has 6 heteroatoms. The summed E-state index contributed by atoms with van der Waals surface area (Å²) in [6.45, 7) is 5.26. The molecule has 0 radical (unpaired) electrons. The molecular weight excluding hydrogens is 316 g/mol. The Morgan fingerprint density at radius 1 is 1.24 bits per heavy atom. The monoisotopic (exact) mass is 336 g/mol. The molecule has 5 rings (SSSR count). The van der Waals surface area contributed by atoms with E-state index in [-0.39, 0.29) is 11.9 Å². The molecule has 2 aromatic heterocycles. The van der Waals surface area contributed by atoms with Crippen molar-refractivity contribution in [3.05, 3.63) is 47.2 Å². The highest BCUT2D eigenvalue weighted by Gasteiger charge is 2.35. The number of aryl methyl sites for hydroxylation is 1. The van der Waals surface area contributed by atoms with Crippen molar-refractivity contribution in [2.24, 2.45) is 0 Å². The molecule has 0 N–H and O–H groups in total. The minimum absolute atomic E-state index is 0.0369. The van der Waals surface area contributed by atoms with E-state index in [0.717, 1.165) is 28.4 Å². The Labute approximate surface area is 145 Å². The Kier molecular flexibility index (Phi) is 3.04. The first-order valence-electron chi connectivity index (χ1n) is 8.83. The van der Waals surface area contributed by atoms with Crippen LogP contribution in [0.2, 0.25) is 0 Å². The quantitative estimate of drug-likeness (QED) is 0.719. The van der Waals surface area contributed by atoms with Crippen LogP contribution in [-0.4, -0.2) is 32.1 Å². The van der Waals surface area contributed by atoms with Crippen LogP contribution in [0.3, 0.4) is 0 Å². The van der Waals surface area contributed by atoms with Gasteiger partial charge in [0, 0.05) is 23.4 Å². The maximum absolute atomic E-state index is 13.0. The van der Waals surface area contributed by atoms with Gasteiger partial charge in [-0.25, -0.2) is 0 Å². The van der Waals surface area contributed by atoms with E-state index in [1.807, 2.05) is 36.1 Å². The smallest absolute Gasteiger partial charge is 0.254 e. The molecule has 0 unspecified atom stereocenters. The molecule has 1 amide bonds. The van der Waals surface area contributed by atoms with Crippen molar-refractivity contribution in [1.82, 2.24) is 19.7 Å². The van der Waals surface area contributed by atoms with Gasteiger partial charge in [-0.1, -0.05) is 0 Å². The number of aromatic nitrogens is 3. The fourth-order valence-corrected chi connectivity index (χ4v) is 3.83. The highest BCUT2D eigenvalue weighted by Crippen LogP contribution is 2.41. The molecule has 1 saturated carbocycles. The number of amides is 1. The normalized spacial score (nSPS) is 20.1. The highest BCUT2D eigenvalue weighted by atomic mass is 16.3. The zero-order valence-corrected chi connectivity index (χ0v) is 14.4. The number of furan rings is 1. The van der Waals surface area contributed by atoms with Crippen molar-refractivity contribution in [3.63, 3.8) is 0 Å². The van der Waals surface area contributed by atoms with E-state index < -0.39 is 0 Å². The summed E-state index contributed by atoms with van der Waals surface area (Å²) >= 11 is 0. The molecule has 2 aliphatic rings. The van der Waals surface area contributed by atoms with Gasteiger partial charge in [0.15, 0.2) is 5.82 Å².